The van der Waals surface area contributed by atoms with E-state index in [0.717, 1.165) is 31.0 Å². The summed E-state index contributed by atoms with van der Waals surface area (Å²) in [6, 6.07) is 11.1. The van der Waals surface area contributed by atoms with Gasteiger partial charge in [-0.05, 0) is 61.9 Å². The third-order valence-electron chi connectivity index (χ3n) is 5.63. The second kappa shape index (κ2) is 9.63. The molecule has 3 rings (SSSR count). The van der Waals surface area contributed by atoms with Crippen LogP contribution in [0.15, 0.2) is 48.5 Å². The van der Waals surface area contributed by atoms with E-state index >= 15 is 0 Å². The van der Waals surface area contributed by atoms with E-state index in [1.165, 1.54) is 0 Å². The van der Waals surface area contributed by atoms with Gasteiger partial charge in [0.1, 0.15) is 17.1 Å². The largest absolute Gasteiger partial charge is 0.486 e. The van der Waals surface area contributed by atoms with Crippen molar-refractivity contribution in [2.45, 2.75) is 51.3 Å². The maximum Gasteiger partial charge on any atom is 0.419 e. The van der Waals surface area contributed by atoms with Gasteiger partial charge in [0.25, 0.3) is 0 Å². The molecule has 0 spiro atoms. The number of hydrogen-bond acceptors (Lipinski definition) is 5. The first-order chi connectivity index (χ1) is 15.1. The highest BCUT2D eigenvalue weighted by Crippen LogP contribution is 2.44. The first kappa shape index (κ1) is 23.6. The van der Waals surface area contributed by atoms with Gasteiger partial charge in [-0.25, -0.2) is 9.59 Å². The van der Waals surface area contributed by atoms with E-state index in [9.17, 15) is 22.8 Å². The Morgan fingerprint density at radius 2 is 1.69 bits per heavy atom. The molecule has 1 fully saturated rings. The summed E-state index contributed by atoms with van der Waals surface area (Å²) in [5, 5.41) is 0. The molecule has 5 nitrogen and oxygen atoms in total. The lowest BCUT2D eigenvalue weighted by Crippen LogP contribution is -2.39. The van der Waals surface area contributed by atoms with Crippen LogP contribution in [-0.2, 0) is 15.7 Å². The highest BCUT2D eigenvalue weighted by molar-refractivity contribution is 5.91. The Balaban J connectivity index is 1.76. The molecule has 0 atom stereocenters. The van der Waals surface area contributed by atoms with Crippen LogP contribution in [0.3, 0.4) is 0 Å². The molecular formula is C24H25F3O5. The normalized spacial score (nSPS) is 15.4. The highest BCUT2D eigenvalue weighted by Gasteiger charge is 2.42. The van der Waals surface area contributed by atoms with Crippen molar-refractivity contribution in [2.75, 3.05) is 6.61 Å². The Morgan fingerprint density at radius 1 is 1.03 bits per heavy atom. The molecule has 1 aliphatic carbocycles. The van der Waals surface area contributed by atoms with Crippen molar-refractivity contribution in [1.29, 1.82) is 0 Å². The lowest BCUT2D eigenvalue weighted by atomic mass is 9.88. The van der Waals surface area contributed by atoms with Crippen LogP contribution < -0.4 is 9.47 Å². The number of hydrogen-bond donors (Lipinski definition) is 0. The Hall–Kier alpha value is -3.03. The molecule has 0 bridgehead atoms. The molecule has 0 aromatic heterocycles. The van der Waals surface area contributed by atoms with Gasteiger partial charge in [-0.2, -0.15) is 13.2 Å². The Bertz CT molecular complexity index is 948. The summed E-state index contributed by atoms with van der Waals surface area (Å²) >= 11 is 0. The summed E-state index contributed by atoms with van der Waals surface area (Å²) in [5.74, 6) is -1.88. The minimum atomic E-state index is -4.64. The minimum Gasteiger partial charge on any atom is -0.486 e. The predicted molar refractivity (Wildman–Crippen MR) is 110 cm³/mol. The van der Waals surface area contributed by atoms with E-state index in [1.54, 1.807) is 30.3 Å². The number of ether oxygens (including phenoxy) is 3. The van der Waals surface area contributed by atoms with Crippen LogP contribution in [0, 0.1) is 5.92 Å². The molecule has 0 aliphatic heterocycles. The second-order valence-electron chi connectivity index (χ2n) is 8.10. The Kier molecular flexibility index (Phi) is 7.11. The van der Waals surface area contributed by atoms with Crippen molar-refractivity contribution in [3.05, 3.63) is 59.7 Å². The zero-order chi connectivity index (χ0) is 23.4. The van der Waals surface area contributed by atoms with Gasteiger partial charge in [-0.15, -0.1) is 0 Å². The van der Waals surface area contributed by atoms with Crippen molar-refractivity contribution in [1.82, 2.24) is 0 Å². The van der Waals surface area contributed by atoms with Gasteiger partial charge in [0.05, 0.1) is 11.1 Å². The molecule has 0 radical (unpaired) electrons. The number of alkyl halides is 3. The summed E-state index contributed by atoms with van der Waals surface area (Å²) in [7, 11) is 0. The molecule has 0 unspecified atom stereocenters. The monoisotopic (exact) mass is 450 g/mol. The average molecular weight is 450 g/mol. The van der Waals surface area contributed by atoms with Gasteiger partial charge >= 0.3 is 18.1 Å². The molecule has 0 N–H and O–H groups in total. The van der Waals surface area contributed by atoms with E-state index in [-0.39, 0.29) is 17.2 Å². The fourth-order valence-electron chi connectivity index (χ4n) is 3.81. The van der Waals surface area contributed by atoms with Crippen molar-refractivity contribution in [2.24, 2.45) is 5.92 Å². The van der Waals surface area contributed by atoms with E-state index < -0.39 is 41.6 Å². The average Bonchev–Trinajstić information content (AvgIpc) is 3.22. The van der Waals surface area contributed by atoms with E-state index in [1.807, 2.05) is 13.8 Å². The lowest BCUT2D eigenvalue weighted by molar-refractivity contribution is -0.140. The number of halogens is 3. The van der Waals surface area contributed by atoms with Crippen molar-refractivity contribution < 1.29 is 37.0 Å². The quantitative estimate of drug-likeness (QED) is 0.393. The number of carbonyl (C=O) groups is 2. The summed E-state index contributed by atoms with van der Waals surface area (Å²) in [6.45, 7) is 3.14. The standard InChI is InChI=1S/C24H25F3O5/c1-16(2)23(12-6-7-13-23)32-20-14-17(10-11-19(20)24(25,26)27)22(29)30-15-21(28)31-18-8-4-3-5-9-18/h3-5,8-11,14,16H,6-7,12-13,15H2,1-2H3. The second-order valence-corrected chi connectivity index (χ2v) is 8.10. The highest BCUT2D eigenvalue weighted by atomic mass is 19.4. The first-order valence-electron chi connectivity index (χ1n) is 10.4. The topological polar surface area (TPSA) is 61.8 Å². The molecule has 0 saturated heterocycles. The van der Waals surface area contributed by atoms with Crippen LogP contribution in [0.5, 0.6) is 11.5 Å². The summed E-state index contributed by atoms with van der Waals surface area (Å²) in [4.78, 5) is 24.3. The third-order valence-corrected chi connectivity index (χ3v) is 5.63. The maximum absolute atomic E-state index is 13.6. The van der Waals surface area contributed by atoms with Crippen molar-refractivity contribution in [3.8, 4) is 11.5 Å². The number of para-hydroxylation sites is 1. The molecule has 2 aromatic carbocycles. The fourth-order valence-corrected chi connectivity index (χ4v) is 3.81. The van der Waals surface area contributed by atoms with Gasteiger partial charge in [-0.1, -0.05) is 32.0 Å². The smallest absolute Gasteiger partial charge is 0.419 e. The summed E-state index contributed by atoms with van der Waals surface area (Å²) < 4.78 is 56.7. The number of carbonyl (C=O) groups excluding carboxylic acids is 2. The molecule has 32 heavy (non-hydrogen) atoms. The van der Waals surface area contributed by atoms with Gasteiger partial charge in [0.15, 0.2) is 6.61 Å². The molecule has 2 aromatic rings. The van der Waals surface area contributed by atoms with Crippen LogP contribution in [0.25, 0.3) is 0 Å². The molecule has 1 saturated carbocycles. The van der Waals surface area contributed by atoms with Crippen LogP contribution in [0.1, 0.15) is 55.5 Å². The number of esters is 2. The third kappa shape index (κ3) is 5.60. The van der Waals surface area contributed by atoms with Crippen molar-refractivity contribution in [3.63, 3.8) is 0 Å². The van der Waals surface area contributed by atoms with E-state index in [4.69, 9.17) is 14.2 Å². The van der Waals surface area contributed by atoms with Gasteiger partial charge in [-0.3, -0.25) is 0 Å². The molecule has 172 valence electrons. The summed E-state index contributed by atoms with van der Waals surface area (Å²) in [5.41, 5.74) is -1.82. The Labute approximate surface area is 184 Å². The number of rotatable bonds is 7. The van der Waals surface area contributed by atoms with Gasteiger partial charge < -0.3 is 14.2 Å². The van der Waals surface area contributed by atoms with Crippen LogP contribution in [0.2, 0.25) is 0 Å². The summed E-state index contributed by atoms with van der Waals surface area (Å²) in [6.07, 6.45) is -1.63. The van der Waals surface area contributed by atoms with Crippen LogP contribution >= 0.6 is 0 Å². The maximum atomic E-state index is 13.6. The number of benzene rings is 2. The molecule has 0 amide bonds. The lowest BCUT2D eigenvalue weighted by Gasteiger charge is -2.35. The van der Waals surface area contributed by atoms with Gasteiger partial charge in [0, 0.05) is 0 Å². The van der Waals surface area contributed by atoms with Crippen molar-refractivity contribution >= 4 is 11.9 Å². The minimum absolute atomic E-state index is 0.00514. The van der Waals surface area contributed by atoms with Gasteiger partial charge in [0.2, 0.25) is 0 Å². The zero-order valence-electron chi connectivity index (χ0n) is 17.9. The zero-order valence-corrected chi connectivity index (χ0v) is 17.9. The van der Waals surface area contributed by atoms with Crippen LogP contribution in [0.4, 0.5) is 13.2 Å². The first-order valence-corrected chi connectivity index (χ1v) is 10.4. The predicted octanol–water partition coefficient (Wildman–Crippen LogP) is 5.82. The Morgan fingerprint density at radius 3 is 2.28 bits per heavy atom. The molecule has 1 aliphatic rings. The molecule has 8 heteroatoms. The van der Waals surface area contributed by atoms with E-state index in [0.29, 0.717) is 12.8 Å². The molecular weight excluding hydrogens is 425 g/mol. The SMILES string of the molecule is CC(C)C1(Oc2cc(C(=O)OCC(=O)Oc3ccccc3)ccc2C(F)(F)F)CCCC1. The fraction of sp³-hybridized carbons (Fsp3) is 0.417. The van der Waals surface area contributed by atoms with Crippen LogP contribution in [-0.4, -0.2) is 24.1 Å². The van der Waals surface area contributed by atoms with E-state index in [2.05, 4.69) is 0 Å². The molecule has 0 heterocycles.